The molecule has 2 aromatic rings. The number of benzene rings is 1. The zero-order chi connectivity index (χ0) is 13.3. The van der Waals surface area contributed by atoms with Crippen molar-refractivity contribution in [2.45, 2.75) is 13.3 Å². The number of ketones is 1. The van der Waals surface area contributed by atoms with E-state index in [2.05, 4.69) is 4.98 Å². The number of rotatable bonds is 3. The van der Waals surface area contributed by atoms with Crippen molar-refractivity contribution in [1.82, 2.24) is 4.98 Å². The van der Waals surface area contributed by atoms with Crippen LogP contribution in [0.1, 0.15) is 32.9 Å². The van der Waals surface area contributed by atoms with Gasteiger partial charge < -0.3 is 0 Å². The summed E-state index contributed by atoms with van der Waals surface area (Å²) in [4.78, 5) is 15.5. The van der Waals surface area contributed by atoms with Crippen LogP contribution in [-0.2, 0) is 0 Å². The van der Waals surface area contributed by atoms with Crippen LogP contribution in [0.4, 0.5) is 8.78 Å². The lowest BCUT2D eigenvalue weighted by Crippen LogP contribution is -2.03. The first-order chi connectivity index (χ1) is 8.49. The first-order valence-corrected chi connectivity index (χ1v) is 6.24. The van der Waals surface area contributed by atoms with Gasteiger partial charge in [-0.2, -0.15) is 0 Å². The van der Waals surface area contributed by atoms with Gasteiger partial charge >= 0.3 is 0 Å². The Balaban J connectivity index is 2.46. The number of aryl methyl sites for hydroxylation is 1. The van der Waals surface area contributed by atoms with E-state index in [0.717, 1.165) is 16.9 Å². The van der Waals surface area contributed by atoms with Gasteiger partial charge in [0.25, 0.3) is 6.43 Å². The van der Waals surface area contributed by atoms with E-state index in [4.69, 9.17) is 11.6 Å². The number of hydrogen-bond acceptors (Lipinski definition) is 3. The molecule has 0 atom stereocenters. The first kappa shape index (κ1) is 13.1. The molecule has 94 valence electrons. The number of carbonyl (C=O) groups is 1. The summed E-state index contributed by atoms with van der Waals surface area (Å²) in [5.41, 5.74) is 0.698. The third-order valence-electron chi connectivity index (χ3n) is 2.32. The number of aromatic nitrogens is 1. The van der Waals surface area contributed by atoms with Gasteiger partial charge in [0.2, 0.25) is 5.78 Å². The molecule has 0 spiro atoms. The molecule has 0 aliphatic carbocycles. The van der Waals surface area contributed by atoms with Gasteiger partial charge in [-0.05, 0) is 13.0 Å². The summed E-state index contributed by atoms with van der Waals surface area (Å²) in [5.74, 6) is -0.474. The van der Waals surface area contributed by atoms with E-state index in [1.54, 1.807) is 18.2 Å². The van der Waals surface area contributed by atoms with Crippen LogP contribution in [-0.4, -0.2) is 10.8 Å². The Hall–Kier alpha value is -1.33. The number of nitrogens with zero attached hydrogens (tertiary/aromatic N) is 1. The highest BCUT2D eigenvalue weighted by molar-refractivity contribution is 7.17. The fraction of sp³-hybridized carbons (Fsp3) is 0.167. The lowest BCUT2D eigenvalue weighted by molar-refractivity contribution is 0.102. The van der Waals surface area contributed by atoms with Crippen molar-refractivity contribution in [3.63, 3.8) is 0 Å². The van der Waals surface area contributed by atoms with Crippen molar-refractivity contribution in [3.05, 3.63) is 50.4 Å². The Bertz CT molecular complexity index is 598. The third kappa shape index (κ3) is 2.57. The average Bonchev–Trinajstić information content (AvgIpc) is 2.70. The van der Waals surface area contributed by atoms with Gasteiger partial charge in [-0.25, -0.2) is 13.8 Å². The van der Waals surface area contributed by atoms with Gasteiger partial charge in [0.05, 0.1) is 0 Å². The quantitative estimate of drug-likeness (QED) is 0.789. The largest absolute Gasteiger partial charge is 0.288 e. The Kier molecular flexibility index (Phi) is 3.73. The maximum Gasteiger partial charge on any atom is 0.282 e. The van der Waals surface area contributed by atoms with Gasteiger partial charge in [-0.15, -0.1) is 0 Å². The molecule has 0 aliphatic heterocycles. The van der Waals surface area contributed by atoms with E-state index < -0.39 is 17.9 Å². The van der Waals surface area contributed by atoms with E-state index >= 15 is 0 Å². The molecule has 18 heavy (non-hydrogen) atoms. The zero-order valence-corrected chi connectivity index (χ0v) is 10.9. The number of halogens is 3. The van der Waals surface area contributed by atoms with Gasteiger partial charge in [0.15, 0.2) is 4.47 Å². The highest BCUT2D eigenvalue weighted by Gasteiger charge is 2.24. The van der Waals surface area contributed by atoms with Crippen molar-refractivity contribution in [1.29, 1.82) is 0 Å². The predicted molar refractivity (Wildman–Crippen MR) is 66.7 cm³/mol. The predicted octanol–water partition coefficient (Wildman–Crippen LogP) is 4.27. The summed E-state index contributed by atoms with van der Waals surface area (Å²) in [6.07, 6.45) is -2.81. The maximum atomic E-state index is 12.7. The summed E-state index contributed by atoms with van der Waals surface area (Å²) in [5, 5.41) is 0. The zero-order valence-electron chi connectivity index (χ0n) is 9.28. The minimum absolute atomic E-state index is 0.0543. The van der Waals surface area contributed by atoms with Gasteiger partial charge in [-0.1, -0.05) is 46.7 Å². The van der Waals surface area contributed by atoms with Crippen molar-refractivity contribution >= 4 is 28.7 Å². The minimum atomic E-state index is -2.81. The fourth-order valence-electron chi connectivity index (χ4n) is 1.53. The fourth-order valence-corrected chi connectivity index (χ4v) is 2.62. The van der Waals surface area contributed by atoms with Gasteiger partial charge in [0.1, 0.15) is 10.6 Å². The molecule has 0 fully saturated rings. The maximum absolute atomic E-state index is 12.7. The number of alkyl halides is 2. The molecule has 0 saturated heterocycles. The van der Waals surface area contributed by atoms with E-state index in [1.807, 2.05) is 13.0 Å². The third-order valence-corrected chi connectivity index (χ3v) is 3.49. The van der Waals surface area contributed by atoms with Crippen molar-refractivity contribution < 1.29 is 13.6 Å². The molecule has 1 heterocycles. The number of thiazole rings is 1. The summed E-state index contributed by atoms with van der Waals surface area (Å²) in [6, 6.07) is 6.75. The standard InChI is InChI=1S/C12H8ClF2NOS/c1-6-3-2-4-7(5-6)9(17)10-8(11(14)15)16-12(13)18-10/h2-5,11H,1H3. The summed E-state index contributed by atoms with van der Waals surface area (Å²) >= 11 is 6.37. The molecule has 1 aromatic carbocycles. The number of carbonyl (C=O) groups excluding carboxylic acids is 1. The van der Waals surface area contributed by atoms with Crippen LogP contribution in [0.15, 0.2) is 24.3 Å². The molecular weight excluding hydrogens is 280 g/mol. The average molecular weight is 288 g/mol. The second kappa shape index (κ2) is 5.12. The van der Waals surface area contributed by atoms with Crippen molar-refractivity contribution in [2.24, 2.45) is 0 Å². The Morgan fingerprint density at radius 1 is 1.44 bits per heavy atom. The lowest BCUT2D eigenvalue weighted by atomic mass is 10.1. The van der Waals surface area contributed by atoms with Gasteiger partial charge in [0, 0.05) is 5.56 Å². The summed E-state index contributed by atoms with van der Waals surface area (Å²) in [6.45, 7) is 1.82. The van der Waals surface area contributed by atoms with Crippen LogP contribution in [0.3, 0.4) is 0 Å². The van der Waals surface area contributed by atoms with Crippen LogP contribution < -0.4 is 0 Å². The molecule has 0 N–H and O–H groups in total. The first-order valence-electron chi connectivity index (χ1n) is 5.05. The molecule has 0 aliphatic rings. The van der Waals surface area contributed by atoms with Crippen LogP contribution in [0.2, 0.25) is 4.47 Å². The highest BCUT2D eigenvalue weighted by Crippen LogP contribution is 2.31. The highest BCUT2D eigenvalue weighted by atomic mass is 35.5. The molecule has 2 nitrogen and oxygen atoms in total. The topological polar surface area (TPSA) is 30.0 Å². The van der Waals surface area contributed by atoms with Crippen LogP contribution in [0.25, 0.3) is 0 Å². The lowest BCUT2D eigenvalue weighted by Gasteiger charge is -2.02. The van der Waals surface area contributed by atoms with E-state index in [-0.39, 0.29) is 9.34 Å². The van der Waals surface area contributed by atoms with Crippen LogP contribution in [0, 0.1) is 6.92 Å². The van der Waals surface area contributed by atoms with Gasteiger partial charge in [-0.3, -0.25) is 4.79 Å². The van der Waals surface area contributed by atoms with Crippen LogP contribution >= 0.6 is 22.9 Å². The van der Waals surface area contributed by atoms with E-state index in [9.17, 15) is 13.6 Å². The molecule has 1 aromatic heterocycles. The minimum Gasteiger partial charge on any atom is -0.288 e. The summed E-state index contributed by atoms with van der Waals surface area (Å²) < 4.78 is 25.4. The molecule has 6 heteroatoms. The van der Waals surface area contributed by atoms with E-state index in [0.29, 0.717) is 5.56 Å². The van der Waals surface area contributed by atoms with E-state index in [1.165, 1.54) is 0 Å². The Morgan fingerprint density at radius 3 is 2.78 bits per heavy atom. The SMILES string of the molecule is Cc1cccc(C(=O)c2sc(Cl)nc2C(F)F)c1. The normalized spacial score (nSPS) is 10.9. The number of hydrogen-bond donors (Lipinski definition) is 0. The Labute approximate surface area is 111 Å². The molecule has 0 amide bonds. The smallest absolute Gasteiger partial charge is 0.282 e. The molecule has 0 saturated carbocycles. The molecule has 0 bridgehead atoms. The monoisotopic (exact) mass is 287 g/mol. The Morgan fingerprint density at radius 2 is 2.17 bits per heavy atom. The second-order valence-electron chi connectivity index (χ2n) is 3.68. The molecule has 0 radical (unpaired) electrons. The molecule has 2 rings (SSSR count). The molecular formula is C12H8ClF2NOS. The van der Waals surface area contributed by atoms with Crippen molar-refractivity contribution in [2.75, 3.05) is 0 Å². The van der Waals surface area contributed by atoms with Crippen molar-refractivity contribution in [3.8, 4) is 0 Å². The van der Waals surface area contributed by atoms with Crippen LogP contribution in [0.5, 0.6) is 0 Å². The second-order valence-corrected chi connectivity index (χ2v) is 5.26. The molecule has 0 unspecified atom stereocenters. The summed E-state index contributed by atoms with van der Waals surface area (Å²) in [7, 11) is 0.